The van der Waals surface area contributed by atoms with Gasteiger partial charge in [0, 0.05) is 23.7 Å². The normalized spacial score (nSPS) is 11.8. The molecule has 2 N–H and O–H groups in total. The van der Waals surface area contributed by atoms with Crippen molar-refractivity contribution < 1.29 is 0 Å². The number of nitrogens with zero attached hydrogens (tertiary/aromatic N) is 1. The Morgan fingerprint density at radius 2 is 1.92 bits per heavy atom. The van der Waals surface area contributed by atoms with Crippen LogP contribution in [0.25, 0.3) is 0 Å². The van der Waals surface area contributed by atoms with E-state index in [0.717, 1.165) is 5.82 Å². The van der Waals surface area contributed by atoms with E-state index < -0.39 is 0 Å². The molecule has 0 unspecified atom stereocenters. The predicted octanol–water partition coefficient (Wildman–Crippen LogP) is 2.06. The molecular formula is C9H17N3. The van der Waals surface area contributed by atoms with Gasteiger partial charge in [-0.05, 0) is 6.92 Å². The van der Waals surface area contributed by atoms with Crippen LogP contribution < -0.4 is 5.32 Å². The Hall–Kier alpha value is -0.990. The van der Waals surface area contributed by atoms with Crippen molar-refractivity contribution in [3.63, 3.8) is 0 Å². The average molecular weight is 167 g/mol. The molecular weight excluding hydrogens is 150 g/mol. The Morgan fingerprint density at radius 1 is 1.33 bits per heavy atom. The maximum Gasteiger partial charge on any atom is 0.150 e. The second-order valence-corrected chi connectivity index (χ2v) is 4.07. The van der Waals surface area contributed by atoms with Gasteiger partial charge in [0.25, 0.3) is 0 Å². The minimum absolute atomic E-state index is 0.145. The van der Waals surface area contributed by atoms with Crippen LogP contribution in [0.1, 0.15) is 32.0 Å². The molecule has 0 aliphatic carbocycles. The first-order valence-electron chi connectivity index (χ1n) is 4.20. The van der Waals surface area contributed by atoms with E-state index in [2.05, 4.69) is 43.2 Å². The largest absolute Gasteiger partial charge is 0.371 e. The van der Waals surface area contributed by atoms with Crippen LogP contribution >= 0.6 is 0 Å². The van der Waals surface area contributed by atoms with Gasteiger partial charge in [0.2, 0.25) is 0 Å². The van der Waals surface area contributed by atoms with Crippen molar-refractivity contribution in [1.82, 2.24) is 10.2 Å². The van der Waals surface area contributed by atoms with Gasteiger partial charge < -0.3 is 5.32 Å². The lowest BCUT2D eigenvalue weighted by Gasteiger charge is -2.16. The van der Waals surface area contributed by atoms with E-state index in [1.807, 2.05) is 7.05 Å². The molecule has 3 nitrogen and oxygen atoms in total. The number of hydrogen-bond donors (Lipinski definition) is 2. The molecule has 0 aromatic carbocycles. The topological polar surface area (TPSA) is 40.7 Å². The van der Waals surface area contributed by atoms with Crippen LogP contribution in [0.2, 0.25) is 0 Å². The summed E-state index contributed by atoms with van der Waals surface area (Å²) in [7, 11) is 1.88. The fourth-order valence-electron chi connectivity index (χ4n) is 1.37. The minimum atomic E-state index is 0.145. The molecule has 0 bridgehead atoms. The molecule has 68 valence electrons. The van der Waals surface area contributed by atoms with Crippen LogP contribution in [0.3, 0.4) is 0 Å². The first kappa shape index (κ1) is 9.10. The second-order valence-electron chi connectivity index (χ2n) is 4.07. The first-order valence-corrected chi connectivity index (χ1v) is 4.20. The van der Waals surface area contributed by atoms with E-state index in [0.29, 0.717) is 0 Å². The second kappa shape index (κ2) is 2.81. The van der Waals surface area contributed by atoms with Crippen molar-refractivity contribution in [3.05, 3.63) is 11.3 Å². The van der Waals surface area contributed by atoms with Crippen LogP contribution in [-0.2, 0) is 5.41 Å². The van der Waals surface area contributed by atoms with Crippen LogP contribution in [0.15, 0.2) is 0 Å². The molecule has 0 aliphatic rings. The summed E-state index contributed by atoms with van der Waals surface area (Å²) in [6, 6.07) is 0. The van der Waals surface area contributed by atoms with Crippen molar-refractivity contribution in [2.24, 2.45) is 0 Å². The summed E-state index contributed by atoms with van der Waals surface area (Å²) in [5.74, 6) is 0.944. The first-order chi connectivity index (χ1) is 5.46. The molecule has 1 rings (SSSR count). The smallest absolute Gasteiger partial charge is 0.150 e. The van der Waals surface area contributed by atoms with E-state index in [1.165, 1.54) is 11.3 Å². The number of H-pyrrole nitrogens is 1. The highest BCUT2D eigenvalue weighted by Crippen LogP contribution is 2.26. The van der Waals surface area contributed by atoms with Crippen molar-refractivity contribution in [2.45, 2.75) is 33.1 Å². The van der Waals surface area contributed by atoms with Gasteiger partial charge in [0.15, 0.2) is 5.82 Å². The number of hydrogen-bond acceptors (Lipinski definition) is 2. The highest BCUT2D eigenvalue weighted by molar-refractivity contribution is 5.46. The summed E-state index contributed by atoms with van der Waals surface area (Å²) in [5, 5.41) is 10.3. The number of rotatable bonds is 1. The highest BCUT2D eigenvalue weighted by Gasteiger charge is 2.20. The van der Waals surface area contributed by atoms with Gasteiger partial charge in [0.1, 0.15) is 0 Å². The molecule has 1 heterocycles. The monoisotopic (exact) mass is 167 g/mol. The Bertz CT molecular complexity index is 268. The minimum Gasteiger partial charge on any atom is -0.371 e. The molecule has 3 heteroatoms. The van der Waals surface area contributed by atoms with Gasteiger partial charge in [-0.15, -0.1) is 0 Å². The third-order valence-corrected chi connectivity index (χ3v) is 2.00. The van der Waals surface area contributed by atoms with Gasteiger partial charge in [-0.25, -0.2) is 0 Å². The SMILES string of the molecule is CNc1n[nH]c(C(C)(C)C)c1C. The summed E-state index contributed by atoms with van der Waals surface area (Å²) >= 11 is 0. The number of aromatic amines is 1. The molecule has 0 saturated heterocycles. The fourth-order valence-corrected chi connectivity index (χ4v) is 1.37. The molecule has 0 fully saturated rings. The molecule has 0 amide bonds. The van der Waals surface area contributed by atoms with E-state index in [4.69, 9.17) is 0 Å². The predicted molar refractivity (Wildman–Crippen MR) is 51.6 cm³/mol. The summed E-state index contributed by atoms with van der Waals surface area (Å²) in [6.07, 6.45) is 0. The van der Waals surface area contributed by atoms with Crippen LogP contribution in [0.4, 0.5) is 5.82 Å². The maximum atomic E-state index is 4.16. The van der Waals surface area contributed by atoms with Crippen molar-refractivity contribution in [2.75, 3.05) is 12.4 Å². The molecule has 1 aromatic rings. The fraction of sp³-hybridized carbons (Fsp3) is 0.667. The van der Waals surface area contributed by atoms with Crippen molar-refractivity contribution >= 4 is 5.82 Å². The lowest BCUT2D eigenvalue weighted by atomic mass is 9.90. The summed E-state index contributed by atoms with van der Waals surface area (Å²) in [5.41, 5.74) is 2.56. The van der Waals surface area contributed by atoms with Crippen LogP contribution in [-0.4, -0.2) is 17.2 Å². The Morgan fingerprint density at radius 3 is 2.17 bits per heavy atom. The van der Waals surface area contributed by atoms with Crippen LogP contribution in [0.5, 0.6) is 0 Å². The lowest BCUT2D eigenvalue weighted by Crippen LogP contribution is -2.13. The van der Waals surface area contributed by atoms with E-state index in [9.17, 15) is 0 Å². The maximum absolute atomic E-state index is 4.16. The molecule has 0 radical (unpaired) electrons. The standard InChI is InChI=1S/C9H17N3/c1-6-7(9(2,3)4)11-12-8(6)10-5/h1-5H3,(H2,10,11,12). The number of nitrogens with one attached hydrogen (secondary N) is 2. The lowest BCUT2D eigenvalue weighted by molar-refractivity contribution is 0.563. The van der Waals surface area contributed by atoms with E-state index in [-0.39, 0.29) is 5.41 Å². The third-order valence-electron chi connectivity index (χ3n) is 2.00. The molecule has 0 spiro atoms. The zero-order chi connectivity index (χ0) is 9.35. The zero-order valence-corrected chi connectivity index (χ0v) is 8.45. The molecule has 12 heavy (non-hydrogen) atoms. The summed E-state index contributed by atoms with van der Waals surface area (Å²) in [4.78, 5) is 0. The third kappa shape index (κ3) is 1.44. The number of anilines is 1. The van der Waals surface area contributed by atoms with Gasteiger partial charge in [0.05, 0.1) is 0 Å². The van der Waals surface area contributed by atoms with Crippen LogP contribution in [0, 0.1) is 6.92 Å². The highest BCUT2D eigenvalue weighted by atomic mass is 15.2. The molecule has 0 saturated carbocycles. The zero-order valence-electron chi connectivity index (χ0n) is 8.45. The van der Waals surface area contributed by atoms with Crippen molar-refractivity contribution in [3.8, 4) is 0 Å². The van der Waals surface area contributed by atoms with Gasteiger partial charge in [-0.2, -0.15) is 5.10 Å². The van der Waals surface area contributed by atoms with E-state index >= 15 is 0 Å². The molecule has 0 aliphatic heterocycles. The van der Waals surface area contributed by atoms with Gasteiger partial charge in [-0.1, -0.05) is 20.8 Å². The molecule has 1 aromatic heterocycles. The summed E-state index contributed by atoms with van der Waals surface area (Å²) in [6.45, 7) is 8.60. The molecule has 0 atom stereocenters. The Labute approximate surface area is 73.6 Å². The average Bonchev–Trinajstić information content (AvgIpc) is 2.29. The van der Waals surface area contributed by atoms with E-state index in [1.54, 1.807) is 0 Å². The van der Waals surface area contributed by atoms with Crippen molar-refractivity contribution in [1.29, 1.82) is 0 Å². The summed E-state index contributed by atoms with van der Waals surface area (Å²) < 4.78 is 0. The Kier molecular flexibility index (Phi) is 2.13. The number of aromatic nitrogens is 2. The van der Waals surface area contributed by atoms with Gasteiger partial charge >= 0.3 is 0 Å². The Balaban J connectivity index is 3.11. The quantitative estimate of drug-likeness (QED) is 0.672. The van der Waals surface area contributed by atoms with Gasteiger partial charge in [-0.3, -0.25) is 5.10 Å².